The lowest BCUT2D eigenvalue weighted by molar-refractivity contribution is 0.259. The second-order valence-corrected chi connectivity index (χ2v) is 7.40. The van der Waals surface area contributed by atoms with Crippen LogP contribution in [-0.4, -0.2) is 30.6 Å². The summed E-state index contributed by atoms with van der Waals surface area (Å²) in [6, 6.07) is 16.7. The molecule has 0 radical (unpaired) electrons. The fourth-order valence-electron chi connectivity index (χ4n) is 3.74. The monoisotopic (exact) mass is 377 g/mol. The van der Waals surface area contributed by atoms with Crippen molar-refractivity contribution in [1.82, 2.24) is 24.8 Å². The van der Waals surface area contributed by atoms with Crippen LogP contribution in [-0.2, 0) is 6.54 Å². The van der Waals surface area contributed by atoms with Crippen LogP contribution in [0.1, 0.15) is 43.0 Å². The normalized spacial score (nSPS) is 19.5. The molecular weight excluding hydrogens is 354 g/mol. The summed E-state index contributed by atoms with van der Waals surface area (Å²) in [5.41, 5.74) is 3.24. The van der Waals surface area contributed by atoms with Crippen LogP contribution in [0, 0.1) is 0 Å². The van der Waals surface area contributed by atoms with Gasteiger partial charge in [0.15, 0.2) is 5.11 Å². The lowest BCUT2D eigenvalue weighted by Crippen LogP contribution is -2.36. The molecule has 4 rings (SSSR count). The van der Waals surface area contributed by atoms with E-state index in [1.54, 1.807) is 0 Å². The van der Waals surface area contributed by atoms with E-state index in [-0.39, 0.29) is 18.1 Å². The molecule has 0 bridgehead atoms. The molecular formula is C21H23N5S. The number of nitrogens with one attached hydrogen (secondary N) is 1. The molecule has 0 aromatic carbocycles. The minimum Gasteiger partial charge on any atom is -0.352 e. The Bertz CT molecular complexity index is 907. The number of nitrogens with zero attached hydrogens (tertiary/aromatic N) is 4. The molecule has 2 atom stereocenters. The summed E-state index contributed by atoms with van der Waals surface area (Å²) in [6.07, 6.45) is 5.78. The van der Waals surface area contributed by atoms with Crippen LogP contribution < -0.4 is 5.32 Å². The maximum atomic E-state index is 5.68. The Hall–Kier alpha value is -2.73. The molecule has 3 aromatic heterocycles. The molecule has 138 valence electrons. The van der Waals surface area contributed by atoms with Crippen molar-refractivity contribution in [2.75, 3.05) is 0 Å². The van der Waals surface area contributed by atoms with Crippen LogP contribution in [0.2, 0.25) is 0 Å². The smallest absolute Gasteiger partial charge is 0.170 e. The van der Waals surface area contributed by atoms with Gasteiger partial charge in [-0.25, -0.2) is 0 Å². The molecule has 1 saturated heterocycles. The number of thiocarbonyl (C=S) groups is 1. The highest BCUT2D eigenvalue weighted by atomic mass is 32.1. The molecule has 0 aliphatic carbocycles. The van der Waals surface area contributed by atoms with E-state index < -0.39 is 0 Å². The fourth-order valence-corrected chi connectivity index (χ4v) is 4.20. The average molecular weight is 378 g/mol. The molecule has 1 N–H and O–H groups in total. The van der Waals surface area contributed by atoms with Crippen LogP contribution in [0.4, 0.5) is 0 Å². The zero-order chi connectivity index (χ0) is 18.8. The predicted molar refractivity (Wildman–Crippen MR) is 110 cm³/mol. The Morgan fingerprint density at radius 1 is 1.04 bits per heavy atom. The Balaban J connectivity index is 1.74. The first-order chi connectivity index (χ1) is 13.1. The molecule has 6 heteroatoms. The molecule has 1 aliphatic heterocycles. The first-order valence-corrected chi connectivity index (χ1v) is 9.60. The first-order valence-electron chi connectivity index (χ1n) is 9.20. The van der Waals surface area contributed by atoms with Crippen molar-refractivity contribution >= 4 is 17.3 Å². The SMILES string of the molecule is CC(C)N1C(=S)N[C@@H](c2ccccn2)[C@H]1c1cccn1Cc1ccccn1. The Morgan fingerprint density at radius 3 is 2.48 bits per heavy atom. The lowest BCUT2D eigenvalue weighted by atomic mass is 10.0. The van der Waals surface area contributed by atoms with Gasteiger partial charge in [0.25, 0.3) is 0 Å². The van der Waals surface area contributed by atoms with Crippen LogP contribution in [0.25, 0.3) is 0 Å². The van der Waals surface area contributed by atoms with Gasteiger partial charge in [-0.05, 0) is 62.5 Å². The molecule has 0 spiro atoms. The minimum absolute atomic E-state index is 0.0125. The van der Waals surface area contributed by atoms with Crippen molar-refractivity contribution in [3.8, 4) is 0 Å². The molecule has 0 unspecified atom stereocenters. The molecule has 4 heterocycles. The zero-order valence-electron chi connectivity index (χ0n) is 15.5. The highest BCUT2D eigenvalue weighted by molar-refractivity contribution is 7.80. The van der Waals surface area contributed by atoms with E-state index in [0.29, 0.717) is 0 Å². The zero-order valence-corrected chi connectivity index (χ0v) is 16.3. The molecule has 5 nitrogen and oxygen atoms in total. The van der Waals surface area contributed by atoms with Gasteiger partial charge in [0.05, 0.1) is 30.0 Å². The van der Waals surface area contributed by atoms with E-state index in [4.69, 9.17) is 12.2 Å². The van der Waals surface area contributed by atoms with Gasteiger partial charge in [0.2, 0.25) is 0 Å². The summed E-state index contributed by atoms with van der Waals surface area (Å²) >= 11 is 5.68. The number of hydrogen-bond donors (Lipinski definition) is 1. The van der Waals surface area contributed by atoms with Crippen molar-refractivity contribution in [2.45, 2.75) is 38.5 Å². The highest BCUT2D eigenvalue weighted by Gasteiger charge is 2.42. The number of pyridine rings is 2. The molecule has 1 aliphatic rings. The summed E-state index contributed by atoms with van der Waals surface area (Å²) in [7, 11) is 0. The Kier molecular flexibility index (Phi) is 4.90. The standard InChI is InChI=1S/C21H23N5S/c1-15(2)26-20(19(24-21(26)27)17-9-4-6-12-23-17)18-10-7-13-25(18)14-16-8-3-5-11-22-16/h3-13,15,19-20H,14H2,1-2H3,(H,24,27)/t19-,20+/m0/s1. The van der Waals surface area contributed by atoms with Gasteiger partial charge < -0.3 is 14.8 Å². The van der Waals surface area contributed by atoms with E-state index >= 15 is 0 Å². The Labute approximate surface area is 165 Å². The fraction of sp³-hybridized carbons (Fsp3) is 0.286. The van der Waals surface area contributed by atoms with Gasteiger partial charge in [-0.15, -0.1) is 0 Å². The van der Waals surface area contributed by atoms with Crippen molar-refractivity contribution in [3.63, 3.8) is 0 Å². The van der Waals surface area contributed by atoms with Gasteiger partial charge in [-0.1, -0.05) is 12.1 Å². The number of rotatable bonds is 5. The van der Waals surface area contributed by atoms with E-state index in [1.807, 2.05) is 36.7 Å². The minimum atomic E-state index is 0.0125. The summed E-state index contributed by atoms with van der Waals surface area (Å²) in [5, 5.41) is 4.27. The van der Waals surface area contributed by atoms with E-state index in [0.717, 1.165) is 23.0 Å². The van der Waals surface area contributed by atoms with Crippen molar-refractivity contribution < 1.29 is 0 Å². The van der Waals surface area contributed by atoms with E-state index in [1.165, 1.54) is 5.69 Å². The molecule has 3 aromatic rings. The maximum Gasteiger partial charge on any atom is 0.170 e. The van der Waals surface area contributed by atoms with Gasteiger partial charge in [0, 0.05) is 30.3 Å². The van der Waals surface area contributed by atoms with Crippen LogP contribution >= 0.6 is 12.2 Å². The quantitative estimate of drug-likeness (QED) is 0.687. The molecule has 0 amide bonds. The largest absolute Gasteiger partial charge is 0.352 e. The topological polar surface area (TPSA) is 46.0 Å². The van der Waals surface area contributed by atoms with Crippen LogP contribution in [0.15, 0.2) is 67.1 Å². The third kappa shape index (κ3) is 3.45. The van der Waals surface area contributed by atoms with Crippen LogP contribution in [0.3, 0.4) is 0 Å². The van der Waals surface area contributed by atoms with Gasteiger partial charge in [-0.3, -0.25) is 9.97 Å². The van der Waals surface area contributed by atoms with Crippen molar-refractivity contribution in [1.29, 1.82) is 0 Å². The first kappa shape index (κ1) is 17.7. The second-order valence-electron chi connectivity index (χ2n) is 7.01. The number of aromatic nitrogens is 3. The van der Waals surface area contributed by atoms with E-state index in [9.17, 15) is 0 Å². The van der Waals surface area contributed by atoms with Gasteiger partial charge in [0.1, 0.15) is 0 Å². The Morgan fingerprint density at radius 2 is 1.81 bits per heavy atom. The summed E-state index contributed by atoms with van der Waals surface area (Å²) in [6.45, 7) is 5.08. The van der Waals surface area contributed by atoms with Crippen molar-refractivity contribution in [3.05, 3.63) is 84.2 Å². The van der Waals surface area contributed by atoms with Crippen molar-refractivity contribution in [2.24, 2.45) is 0 Å². The van der Waals surface area contributed by atoms with Crippen LogP contribution in [0.5, 0.6) is 0 Å². The van der Waals surface area contributed by atoms with E-state index in [2.05, 4.69) is 69.1 Å². The molecule has 27 heavy (non-hydrogen) atoms. The summed E-state index contributed by atoms with van der Waals surface area (Å²) in [5.74, 6) is 0. The van der Waals surface area contributed by atoms with Gasteiger partial charge in [-0.2, -0.15) is 0 Å². The highest BCUT2D eigenvalue weighted by Crippen LogP contribution is 2.39. The third-order valence-corrected chi connectivity index (χ3v) is 5.25. The maximum absolute atomic E-state index is 5.68. The molecule has 1 fully saturated rings. The third-order valence-electron chi connectivity index (χ3n) is 4.92. The predicted octanol–water partition coefficient (Wildman–Crippen LogP) is 3.71. The second kappa shape index (κ2) is 7.48. The summed E-state index contributed by atoms with van der Waals surface area (Å²) in [4.78, 5) is 11.3. The van der Waals surface area contributed by atoms with Gasteiger partial charge >= 0.3 is 0 Å². The summed E-state index contributed by atoms with van der Waals surface area (Å²) < 4.78 is 2.26. The number of hydrogen-bond acceptors (Lipinski definition) is 3. The lowest BCUT2D eigenvalue weighted by Gasteiger charge is -2.31. The molecule has 0 saturated carbocycles. The average Bonchev–Trinajstić information content (AvgIpc) is 3.27.